The smallest absolute Gasteiger partial charge is 0.210 e. The number of benzene rings is 2. The topological polar surface area (TPSA) is 110 Å². The highest BCUT2D eigenvalue weighted by Crippen LogP contribution is 2.31. The number of ether oxygens (including phenoxy) is 1. The Kier molecular flexibility index (Phi) is 8.02. The lowest BCUT2D eigenvalue weighted by molar-refractivity contribution is 0.102. The molecule has 0 bridgehead atoms. The first-order chi connectivity index (χ1) is 14.8. The van der Waals surface area contributed by atoms with Crippen LogP contribution < -0.4 is 14.8 Å². The van der Waals surface area contributed by atoms with E-state index in [2.05, 4.69) is 20.2 Å². The lowest BCUT2D eigenvalue weighted by Gasteiger charge is -2.07. The molecule has 8 nitrogen and oxygen atoms in total. The number of carbonyl (C=O) groups excluding carboxylic acids is 1. The van der Waals surface area contributed by atoms with Crippen LogP contribution in [0.25, 0.3) is 0 Å². The fourth-order valence-electron chi connectivity index (χ4n) is 2.63. The average molecular weight is 479 g/mol. The summed E-state index contributed by atoms with van der Waals surface area (Å²) in [7, 11) is -1.59. The summed E-state index contributed by atoms with van der Waals surface area (Å²) >= 11 is 2.70. The van der Waals surface area contributed by atoms with Crippen molar-refractivity contribution in [1.82, 2.24) is 14.9 Å². The van der Waals surface area contributed by atoms with Gasteiger partial charge in [0.1, 0.15) is 5.75 Å². The largest absolute Gasteiger partial charge is 0.495 e. The van der Waals surface area contributed by atoms with Crippen molar-refractivity contribution >= 4 is 49.7 Å². The molecule has 164 valence electrons. The lowest BCUT2D eigenvalue weighted by Crippen LogP contribution is -2.24. The van der Waals surface area contributed by atoms with E-state index in [1.54, 1.807) is 19.2 Å². The number of aromatic nitrogens is 2. The number of carbonyl (C=O) groups is 1. The standard InChI is InChI=1S/C20H22N4O4S3/c1-28-18-6-4-3-5-16(18)22-19-23-24-20(30-19)29-13-17(25)15-9-7-14(8-10-15)11-12-21-31(2,26)27/h3-10,21H,11-13H2,1-2H3,(H,22,23). The van der Waals surface area contributed by atoms with Gasteiger partial charge in [0.25, 0.3) is 0 Å². The number of para-hydroxylation sites is 2. The maximum Gasteiger partial charge on any atom is 0.210 e. The van der Waals surface area contributed by atoms with Gasteiger partial charge in [-0.05, 0) is 24.1 Å². The number of methoxy groups -OCH3 is 1. The molecule has 0 radical (unpaired) electrons. The van der Waals surface area contributed by atoms with Gasteiger partial charge in [-0.2, -0.15) is 0 Å². The zero-order chi connectivity index (χ0) is 22.3. The van der Waals surface area contributed by atoms with Gasteiger partial charge in [0, 0.05) is 12.1 Å². The Morgan fingerprint density at radius 3 is 2.58 bits per heavy atom. The van der Waals surface area contributed by atoms with Crippen molar-refractivity contribution in [3.8, 4) is 5.75 Å². The maximum absolute atomic E-state index is 12.5. The number of sulfonamides is 1. The number of Topliss-reactive ketones (excluding diaryl/α,β-unsaturated/α-hetero) is 1. The molecule has 3 rings (SSSR count). The fourth-order valence-corrected chi connectivity index (χ4v) is 4.76. The van der Waals surface area contributed by atoms with Crippen LogP contribution >= 0.6 is 23.1 Å². The van der Waals surface area contributed by atoms with Crippen molar-refractivity contribution in [2.75, 3.05) is 31.0 Å². The molecule has 2 aromatic carbocycles. The highest BCUT2D eigenvalue weighted by atomic mass is 32.2. The molecule has 0 fully saturated rings. The van der Waals surface area contributed by atoms with Crippen molar-refractivity contribution in [2.24, 2.45) is 0 Å². The molecule has 0 saturated carbocycles. The van der Waals surface area contributed by atoms with Crippen LogP contribution in [0.3, 0.4) is 0 Å². The van der Waals surface area contributed by atoms with Crippen LogP contribution in [0.2, 0.25) is 0 Å². The van der Waals surface area contributed by atoms with E-state index in [-0.39, 0.29) is 11.5 Å². The number of rotatable bonds is 11. The Labute approximate surface area is 189 Å². The van der Waals surface area contributed by atoms with Crippen molar-refractivity contribution in [1.29, 1.82) is 0 Å². The fraction of sp³-hybridized carbons (Fsp3) is 0.250. The molecule has 11 heteroatoms. The predicted molar refractivity (Wildman–Crippen MR) is 124 cm³/mol. The zero-order valence-electron chi connectivity index (χ0n) is 17.0. The number of thioether (sulfide) groups is 1. The molecule has 0 aliphatic carbocycles. The van der Waals surface area contributed by atoms with E-state index in [4.69, 9.17) is 4.74 Å². The summed E-state index contributed by atoms with van der Waals surface area (Å²) in [4.78, 5) is 12.5. The molecule has 0 amide bonds. The summed E-state index contributed by atoms with van der Waals surface area (Å²) in [5.41, 5.74) is 2.35. The third-order valence-electron chi connectivity index (χ3n) is 4.14. The van der Waals surface area contributed by atoms with Crippen LogP contribution in [0.4, 0.5) is 10.8 Å². The van der Waals surface area contributed by atoms with E-state index in [1.165, 1.54) is 23.1 Å². The number of hydrogen-bond acceptors (Lipinski definition) is 9. The van der Waals surface area contributed by atoms with Crippen molar-refractivity contribution in [3.63, 3.8) is 0 Å². The van der Waals surface area contributed by atoms with Crippen LogP contribution in [-0.2, 0) is 16.4 Å². The molecule has 0 aliphatic heterocycles. The molecule has 1 aromatic heterocycles. The average Bonchev–Trinajstić information content (AvgIpc) is 3.19. The minimum Gasteiger partial charge on any atom is -0.495 e. The number of nitrogens with zero attached hydrogens (tertiary/aromatic N) is 2. The van der Waals surface area contributed by atoms with E-state index >= 15 is 0 Å². The maximum atomic E-state index is 12.5. The second-order valence-electron chi connectivity index (χ2n) is 6.52. The van der Waals surface area contributed by atoms with Crippen molar-refractivity contribution in [3.05, 3.63) is 59.7 Å². The Morgan fingerprint density at radius 2 is 1.87 bits per heavy atom. The summed E-state index contributed by atoms with van der Waals surface area (Å²) in [6.45, 7) is 0.324. The summed E-state index contributed by atoms with van der Waals surface area (Å²) in [5, 5.41) is 12.0. The van der Waals surface area contributed by atoms with Crippen molar-refractivity contribution < 1.29 is 17.9 Å². The number of nitrogens with one attached hydrogen (secondary N) is 2. The van der Waals surface area contributed by atoms with Gasteiger partial charge in [0.2, 0.25) is 15.2 Å². The number of anilines is 2. The second kappa shape index (κ2) is 10.7. The number of ketones is 1. The van der Waals surface area contributed by atoms with Gasteiger partial charge in [0.15, 0.2) is 10.1 Å². The Bertz CT molecular complexity index is 1130. The molecule has 2 N–H and O–H groups in total. The molecule has 0 aliphatic rings. The second-order valence-corrected chi connectivity index (χ2v) is 10.6. The molecule has 3 aromatic rings. The molecule has 31 heavy (non-hydrogen) atoms. The third kappa shape index (κ3) is 7.31. The van der Waals surface area contributed by atoms with Gasteiger partial charge in [-0.15, -0.1) is 10.2 Å². The lowest BCUT2D eigenvalue weighted by atomic mass is 10.1. The molecular weight excluding hydrogens is 456 g/mol. The molecule has 0 saturated heterocycles. The van der Waals surface area contributed by atoms with Crippen LogP contribution in [0.1, 0.15) is 15.9 Å². The van der Waals surface area contributed by atoms with Gasteiger partial charge in [-0.1, -0.05) is 59.5 Å². The van der Waals surface area contributed by atoms with Gasteiger partial charge in [0.05, 0.1) is 24.8 Å². The van der Waals surface area contributed by atoms with E-state index < -0.39 is 10.0 Å². The monoisotopic (exact) mass is 478 g/mol. The first-order valence-electron chi connectivity index (χ1n) is 9.27. The quantitative estimate of drug-likeness (QED) is 0.319. The van der Waals surface area contributed by atoms with E-state index in [9.17, 15) is 13.2 Å². The Hall–Kier alpha value is -2.47. The first kappa shape index (κ1) is 23.2. The normalized spacial score (nSPS) is 11.3. The van der Waals surface area contributed by atoms with E-state index in [0.29, 0.717) is 33.7 Å². The van der Waals surface area contributed by atoms with Gasteiger partial charge in [-0.3, -0.25) is 4.79 Å². The molecule has 0 spiro atoms. The summed E-state index contributed by atoms with van der Waals surface area (Å²) < 4.78 is 30.6. The van der Waals surface area contributed by atoms with E-state index in [1.807, 2.05) is 36.4 Å². The first-order valence-corrected chi connectivity index (χ1v) is 13.0. The predicted octanol–water partition coefficient (Wildman–Crippen LogP) is 3.36. The molecule has 0 atom stereocenters. The summed E-state index contributed by atoms with van der Waals surface area (Å²) in [6, 6.07) is 14.7. The third-order valence-corrected chi connectivity index (χ3v) is 6.84. The zero-order valence-corrected chi connectivity index (χ0v) is 19.4. The summed E-state index contributed by atoms with van der Waals surface area (Å²) in [5.74, 6) is 0.941. The van der Waals surface area contributed by atoms with Gasteiger partial charge < -0.3 is 10.1 Å². The molecule has 1 heterocycles. The minimum atomic E-state index is -3.20. The highest BCUT2D eigenvalue weighted by molar-refractivity contribution is 8.01. The van der Waals surface area contributed by atoms with E-state index in [0.717, 1.165) is 17.5 Å². The Balaban J connectivity index is 1.50. The van der Waals surface area contributed by atoms with Crippen LogP contribution in [0.15, 0.2) is 52.9 Å². The van der Waals surface area contributed by atoms with Crippen LogP contribution in [-0.4, -0.2) is 50.1 Å². The minimum absolute atomic E-state index is 0.0137. The van der Waals surface area contributed by atoms with Crippen molar-refractivity contribution in [2.45, 2.75) is 10.8 Å². The SMILES string of the molecule is COc1ccccc1Nc1nnc(SCC(=O)c2ccc(CCNS(C)(=O)=O)cc2)s1. The van der Waals surface area contributed by atoms with Crippen LogP contribution in [0.5, 0.6) is 5.75 Å². The highest BCUT2D eigenvalue weighted by Gasteiger charge is 2.12. The Morgan fingerprint density at radius 1 is 1.13 bits per heavy atom. The molecule has 0 unspecified atom stereocenters. The van der Waals surface area contributed by atoms with Crippen LogP contribution in [0, 0.1) is 0 Å². The summed E-state index contributed by atoms with van der Waals surface area (Å²) in [6.07, 6.45) is 1.69. The van der Waals surface area contributed by atoms with Gasteiger partial charge >= 0.3 is 0 Å². The molecular formula is C20H22N4O4S3. The van der Waals surface area contributed by atoms with Gasteiger partial charge in [-0.25, -0.2) is 13.1 Å². The number of hydrogen-bond donors (Lipinski definition) is 2.